The van der Waals surface area contributed by atoms with E-state index in [1.54, 1.807) is 12.4 Å². The van der Waals surface area contributed by atoms with Gasteiger partial charge in [0.15, 0.2) is 0 Å². The Morgan fingerprint density at radius 3 is 1.25 bits per heavy atom. The smallest absolute Gasteiger partial charge is 0.240 e. The van der Waals surface area contributed by atoms with Gasteiger partial charge in [-0.15, -0.1) is 0 Å². The molecular formula is C26H34N4O2. The van der Waals surface area contributed by atoms with Crippen LogP contribution < -0.4 is 10.9 Å². The first-order chi connectivity index (χ1) is 14.9. The van der Waals surface area contributed by atoms with Gasteiger partial charge in [0.25, 0.3) is 0 Å². The number of nitrogens with zero attached hydrogens (tertiary/aromatic N) is 2. The van der Waals surface area contributed by atoms with Crippen LogP contribution in [0.25, 0.3) is 0 Å². The number of hydrazone groups is 2. The number of hydrogen-bond acceptors (Lipinski definition) is 4. The quantitative estimate of drug-likeness (QED) is 0.491. The van der Waals surface area contributed by atoms with Crippen molar-refractivity contribution >= 4 is 24.2 Å². The van der Waals surface area contributed by atoms with Gasteiger partial charge in [-0.1, -0.05) is 90.1 Å². The van der Waals surface area contributed by atoms with E-state index in [1.165, 1.54) is 11.1 Å². The summed E-state index contributed by atoms with van der Waals surface area (Å²) in [5, 5.41) is 7.90. The Balaban J connectivity index is 1.72. The van der Waals surface area contributed by atoms with Crippen LogP contribution in [0.1, 0.15) is 76.6 Å². The van der Waals surface area contributed by atoms with Gasteiger partial charge in [-0.05, 0) is 33.1 Å². The Morgan fingerprint density at radius 2 is 0.969 bits per heavy atom. The van der Waals surface area contributed by atoms with Crippen LogP contribution in [0.2, 0.25) is 0 Å². The molecule has 2 rings (SSSR count). The highest BCUT2D eigenvalue weighted by Crippen LogP contribution is 2.22. The lowest BCUT2D eigenvalue weighted by molar-refractivity contribution is -0.126. The Hall–Kier alpha value is -3.28. The van der Waals surface area contributed by atoms with Gasteiger partial charge < -0.3 is 0 Å². The maximum atomic E-state index is 11.9. The molecule has 0 atom stereocenters. The summed E-state index contributed by atoms with van der Waals surface area (Å²) in [7, 11) is 0. The second-order valence-electron chi connectivity index (χ2n) is 9.83. The van der Waals surface area contributed by atoms with Crippen molar-refractivity contribution in [3.05, 3.63) is 70.8 Å². The van der Waals surface area contributed by atoms with E-state index in [4.69, 9.17) is 0 Å². The lowest BCUT2D eigenvalue weighted by Gasteiger charge is -2.18. The molecule has 170 valence electrons. The van der Waals surface area contributed by atoms with Gasteiger partial charge in [0.1, 0.15) is 0 Å². The zero-order valence-corrected chi connectivity index (χ0v) is 19.9. The van der Waals surface area contributed by atoms with Gasteiger partial charge in [-0.25, -0.2) is 10.9 Å². The molecule has 0 saturated heterocycles. The van der Waals surface area contributed by atoms with Crippen LogP contribution in [-0.2, 0) is 20.4 Å². The molecule has 0 aromatic heterocycles. The van der Waals surface area contributed by atoms with Gasteiger partial charge in [-0.2, -0.15) is 10.2 Å². The van der Waals surface area contributed by atoms with E-state index in [0.29, 0.717) is 0 Å². The van der Waals surface area contributed by atoms with Gasteiger partial charge in [0.05, 0.1) is 12.4 Å². The number of amides is 2. The zero-order chi connectivity index (χ0) is 23.8. The molecule has 0 saturated carbocycles. The molecule has 0 radical (unpaired) electrons. The first-order valence-electron chi connectivity index (χ1n) is 10.8. The summed E-state index contributed by atoms with van der Waals surface area (Å²) in [4.78, 5) is 23.8. The third kappa shape index (κ3) is 8.46. The van der Waals surface area contributed by atoms with Crippen LogP contribution in [0.5, 0.6) is 0 Å². The van der Waals surface area contributed by atoms with Crippen molar-refractivity contribution in [2.45, 2.75) is 65.2 Å². The summed E-state index contributed by atoms with van der Waals surface area (Å²) in [6.45, 7) is 12.9. The molecule has 0 spiro atoms. The molecule has 2 amide bonds. The van der Waals surface area contributed by atoms with Crippen LogP contribution in [0, 0.1) is 0 Å². The van der Waals surface area contributed by atoms with Gasteiger partial charge in [-0.3, -0.25) is 9.59 Å². The Labute approximate surface area is 191 Å². The minimum atomic E-state index is -0.329. The van der Waals surface area contributed by atoms with Crippen LogP contribution in [0.15, 0.2) is 58.7 Å². The Kier molecular flexibility index (Phi) is 8.47. The highest BCUT2D eigenvalue weighted by molar-refractivity contribution is 5.86. The molecule has 0 fully saturated rings. The number of nitrogens with one attached hydrogen (secondary N) is 2. The average Bonchev–Trinajstić information content (AvgIpc) is 2.72. The summed E-state index contributed by atoms with van der Waals surface area (Å²) in [6, 6.07) is 16.0. The highest BCUT2D eigenvalue weighted by Gasteiger charge is 2.13. The lowest BCUT2D eigenvalue weighted by Crippen LogP contribution is -2.22. The fraction of sp³-hybridized carbons (Fsp3) is 0.385. The van der Waals surface area contributed by atoms with E-state index >= 15 is 0 Å². The number of hydrogen-bond donors (Lipinski definition) is 2. The summed E-state index contributed by atoms with van der Waals surface area (Å²) >= 11 is 0. The molecule has 2 aromatic rings. The molecule has 0 bridgehead atoms. The van der Waals surface area contributed by atoms with E-state index < -0.39 is 0 Å². The summed E-state index contributed by atoms with van der Waals surface area (Å²) in [6.07, 6.45) is 3.23. The standard InChI is InChI=1S/C26H34N4O2/c1-25(2,3)21-11-7-19(8-12-21)17-27-29-23(31)15-16-24(32)30-28-18-20-9-13-22(14-10-20)26(4,5)6/h7-14,17-18H,15-16H2,1-6H3,(H,29,31)(H,30,32)/b27-17+,28-18+. The highest BCUT2D eigenvalue weighted by atomic mass is 16.2. The number of carbonyl (C=O) groups is 2. The molecule has 32 heavy (non-hydrogen) atoms. The van der Waals surface area contributed by atoms with Gasteiger partial charge >= 0.3 is 0 Å². The minimum Gasteiger partial charge on any atom is -0.273 e. The predicted molar refractivity (Wildman–Crippen MR) is 131 cm³/mol. The van der Waals surface area contributed by atoms with Gasteiger partial charge in [0, 0.05) is 12.8 Å². The fourth-order valence-electron chi connectivity index (χ4n) is 2.83. The van der Waals surface area contributed by atoms with Crippen LogP contribution in [0.4, 0.5) is 0 Å². The van der Waals surface area contributed by atoms with Crippen molar-refractivity contribution in [3.8, 4) is 0 Å². The topological polar surface area (TPSA) is 82.9 Å². The predicted octanol–water partition coefficient (Wildman–Crippen LogP) is 4.66. The zero-order valence-electron chi connectivity index (χ0n) is 19.9. The molecule has 2 aromatic carbocycles. The molecule has 2 N–H and O–H groups in total. The second kappa shape index (κ2) is 10.8. The van der Waals surface area contributed by atoms with Crippen molar-refractivity contribution in [1.29, 1.82) is 0 Å². The molecule has 0 aliphatic heterocycles. The Morgan fingerprint density at radius 1 is 0.656 bits per heavy atom. The van der Waals surface area contributed by atoms with Crippen molar-refractivity contribution in [3.63, 3.8) is 0 Å². The van der Waals surface area contributed by atoms with E-state index in [9.17, 15) is 9.59 Å². The Bertz CT molecular complexity index is 879. The van der Waals surface area contributed by atoms with E-state index in [2.05, 4.69) is 62.6 Å². The molecule has 0 heterocycles. The molecular weight excluding hydrogens is 400 g/mol. The maximum absolute atomic E-state index is 11.9. The second-order valence-corrected chi connectivity index (χ2v) is 9.83. The van der Waals surface area contributed by atoms with E-state index in [-0.39, 0.29) is 35.5 Å². The van der Waals surface area contributed by atoms with Crippen molar-refractivity contribution < 1.29 is 9.59 Å². The first kappa shape index (κ1) is 25.0. The normalized spacial score (nSPS) is 12.3. The van der Waals surface area contributed by atoms with Gasteiger partial charge in [0.2, 0.25) is 11.8 Å². The molecule has 0 aliphatic rings. The largest absolute Gasteiger partial charge is 0.273 e. The van der Waals surface area contributed by atoms with E-state index in [1.807, 2.05) is 48.5 Å². The average molecular weight is 435 g/mol. The first-order valence-corrected chi connectivity index (χ1v) is 10.8. The van der Waals surface area contributed by atoms with Crippen molar-refractivity contribution in [1.82, 2.24) is 10.9 Å². The van der Waals surface area contributed by atoms with Crippen LogP contribution in [0.3, 0.4) is 0 Å². The fourth-order valence-corrected chi connectivity index (χ4v) is 2.83. The molecule has 6 nitrogen and oxygen atoms in total. The summed E-state index contributed by atoms with van der Waals surface area (Å²) in [5.74, 6) is -0.658. The number of rotatable bonds is 7. The molecule has 6 heteroatoms. The summed E-state index contributed by atoms with van der Waals surface area (Å²) in [5.41, 5.74) is 9.30. The monoisotopic (exact) mass is 434 g/mol. The molecule has 0 unspecified atom stereocenters. The van der Waals surface area contributed by atoms with Crippen LogP contribution >= 0.6 is 0 Å². The van der Waals surface area contributed by atoms with E-state index in [0.717, 1.165) is 11.1 Å². The summed E-state index contributed by atoms with van der Waals surface area (Å²) < 4.78 is 0. The minimum absolute atomic E-state index is 0.0297. The lowest BCUT2D eigenvalue weighted by atomic mass is 9.87. The SMILES string of the molecule is CC(C)(C)c1ccc(/C=N/NC(=O)CCC(=O)N/N=C/c2ccc(C(C)(C)C)cc2)cc1. The number of carbonyl (C=O) groups excluding carboxylic acids is 2. The van der Waals surface area contributed by atoms with Crippen molar-refractivity contribution in [2.75, 3.05) is 0 Å². The molecule has 0 aliphatic carbocycles. The third-order valence-corrected chi connectivity index (χ3v) is 4.94. The number of benzene rings is 2. The van der Waals surface area contributed by atoms with Crippen LogP contribution in [-0.4, -0.2) is 24.2 Å². The van der Waals surface area contributed by atoms with Crippen molar-refractivity contribution in [2.24, 2.45) is 10.2 Å². The maximum Gasteiger partial charge on any atom is 0.240 e. The third-order valence-electron chi connectivity index (χ3n) is 4.94.